The Morgan fingerprint density at radius 3 is 2.27 bits per heavy atom. The molecule has 0 aliphatic rings. The number of nitrogens with zero attached hydrogens (tertiary/aromatic N) is 4. The molecule has 0 aromatic carbocycles. The quantitative estimate of drug-likeness (QED) is 0.540. The summed E-state index contributed by atoms with van der Waals surface area (Å²) in [4.78, 5) is 18.0. The van der Waals surface area contributed by atoms with Crippen LogP contribution in [-0.4, -0.2) is 52.3 Å². The molecule has 0 spiro atoms. The van der Waals surface area contributed by atoms with E-state index in [1.165, 1.54) is 0 Å². The lowest BCUT2D eigenvalue weighted by Crippen LogP contribution is -2.11. The Kier molecular flexibility index (Phi) is 5.65. The zero-order valence-corrected chi connectivity index (χ0v) is 13.3. The SMILES string of the molecule is CCCc1nc(NC)nc2c(NCCCO)nc(NC)nc12. The van der Waals surface area contributed by atoms with Crippen LogP contribution in [0.25, 0.3) is 11.0 Å². The minimum atomic E-state index is 0.132. The molecule has 0 aliphatic carbocycles. The molecule has 0 aliphatic heterocycles. The topological polar surface area (TPSA) is 108 Å². The van der Waals surface area contributed by atoms with E-state index in [1.807, 2.05) is 0 Å². The average Bonchev–Trinajstić information content (AvgIpc) is 2.55. The van der Waals surface area contributed by atoms with Crippen molar-refractivity contribution in [2.75, 3.05) is 43.2 Å². The van der Waals surface area contributed by atoms with Crippen LogP contribution in [0.15, 0.2) is 0 Å². The van der Waals surface area contributed by atoms with Crippen LogP contribution in [0, 0.1) is 0 Å². The molecule has 0 radical (unpaired) electrons. The van der Waals surface area contributed by atoms with E-state index in [9.17, 15) is 0 Å². The van der Waals surface area contributed by atoms with Gasteiger partial charge in [0, 0.05) is 27.2 Å². The molecule has 0 fully saturated rings. The summed E-state index contributed by atoms with van der Waals surface area (Å²) >= 11 is 0. The van der Waals surface area contributed by atoms with Crippen LogP contribution >= 0.6 is 0 Å². The summed E-state index contributed by atoms with van der Waals surface area (Å²) < 4.78 is 0. The largest absolute Gasteiger partial charge is 0.396 e. The zero-order chi connectivity index (χ0) is 15.9. The summed E-state index contributed by atoms with van der Waals surface area (Å²) in [5, 5.41) is 18.1. The molecular weight excluding hydrogens is 282 g/mol. The third-order valence-electron chi connectivity index (χ3n) is 3.18. The van der Waals surface area contributed by atoms with Crippen molar-refractivity contribution in [2.45, 2.75) is 26.2 Å². The van der Waals surface area contributed by atoms with E-state index in [4.69, 9.17) is 5.11 Å². The molecule has 0 saturated carbocycles. The molecule has 0 atom stereocenters. The van der Waals surface area contributed by atoms with E-state index < -0.39 is 0 Å². The number of aromatic nitrogens is 4. The molecule has 0 bridgehead atoms. The van der Waals surface area contributed by atoms with Crippen molar-refractivity contribution in [3.8, 4) is 0 Å². The first-order valence-electron chi connectivity index (χ1n) is 7.52. The monoisotopic (exact) mass is 305 g/mol. The highest BCUT2D eigenvalue weighted by atomic mass is 16.3. The normalized spacial score (nSPS) is 10.7. The minimum Gasteiger partial charge on any atom is -0.396 e. The van der Waals surface area contributed by atoms with E-state index in [1.54, 1.807) is 14.1 Å². The molecule has 2 heterocycles. The third-order valence-corrected chi connectivity index (χ3v) is 3.18. The lowest BCUT2D eigenvalue weighted by Gasteiger charge is -2.12. The van der Waals surface area contributed by atoms with Crippen molar-refractivity contribution in [2.24, 2.45) is 0 Å². The summed E-state index contributed by atoms with van der Waals surface area (Å²) in [7, 11) is 3.57. The van der Waals surface area contributed by atoms with Crippen molar-refractivity contribution in [3.63, 3.8) is 0 Å². The maximum absolute atomic E-state index is 8.93. The van der Waals surface area contributed by atoms with Crippen LogP contribution in [0.1, 0.15) is 25.5 Å². The smallest absolute Gasteiger partial charge is 0.225 e. The maximum atomic E-state index is 8.93. The second-order valence-corrected chi connectivity index (χ2v) is 4.84. The fraction of sp³-hybridized carbons (Fsp3) is 0.571. The first-order chi connectivity index (χ1) is 10.7. The lowest BCUT2D eigenvalue weighted by molar-refractivity contribution is 0.292. The number of aliphatic hydroxyl groups excluding tert-OH is 1. The molecule has 2 rings (SSSR count). The Hall–Kier alpha value is -2.22. The molecule has 0 amide bonds. The van der Waals surface area contributed by atoms with E-state index in [0.29, 0.717) is 36.2 Å². The van der Waals surface area contributed by atoms with Crippen LogP contribution in [0.2, 0.25) is 0 Å². The van der Waals surface area contributed by atoms with Gasteiger partial charge in [0.05, 0.1) is 5.69 Å². The third kappa shape index (κ3) is 3.51. The van der Waals surface area contributed by atoms with Crippen molar-refractivity contribution in [3.05, 3.63) is 5.69 Å². The molecular formula is C14H23N7O. The van der Waals surface area contributed by atoms with Gasteiger partial charge in [-0.05, 0) is 12.8 Å². The second-order valence-electron chi connectivity index (χ2n) is 4.84. The minimum absolute atomic E-state index is 0.132. The first-order valence-corrected chi connectivity index (χ1v) is 7.52. The van der Waals surface area contributed by atoms with Crippen LogP contribution in [0.3, 0.4) is 0 Å². The van der Waals surface area contributed by atoms with Crippen LogP contribution in [0.4, 0.5) is 17.7 Å². The predicted octanol–water partition coefficient (Wildman–Crippen LogP) is 1.25. The van der Waals surface area contributed by atoms with Crippen molar-refractivity contribution in [1.82, 2.24) is 19.9 Å². The molecule has 22 heavy (non-hydrogen) atoms. The number of hydrogen-bond acceptors (Lipinski definition) is 8. The van der Waals surface area contributed by atoms with Gasteiger partial charge in [0.15, 0.2) is 5.82 Å². The number of anilines is 3. The molecule has 0 unspecified atom stereocenters. The lowest BCUT2D eigenvalue weighted by atomic mass is 10.2. The Morgan fingerprint density at radius 2 is 1.64 bits per heavy atom. The van der Waals surface area contributed by atoms with Crippen LogP contribution in [0.5, 0.6) is 0 Å². The fourth-order valence-corrected chi connectivity index (χ4v) is 2.12. The standard InChI is InChI=1S/C14H23N7O/c1-4-6-9-10-11(20-13(15-2)18-9)12(17-7-5-8-22)21-14(16-3)19-10/h22H,4-8H2,1-3H3,(H,15,18,20)(H2,16,17,19,21). The number of nitrogens with one attached hydrogen (secondary N) is 3. The van der Waals surface area contributed by atoms with Crippen LogP contribution in [-0.2, 0) is 6.42 Å². The van der Waals surface area contributed by atoms with Gasteiger partial charge in [0.2, 0.25) is 11.9 Å². The zero-order valence-electron chi connectivity index (χ0n) is 13.3. The number of aryl methyl sites for hydroxylation is 1. The van der Waals surface area contributed by atoms with E-state index in [2.05, 4.69) is 42.8 Å². The molecule has 8 nitrogen and oxygen atoms in total. The fourth-order valence-electron chi connectivity index (χ4n) is 2.12. The first kappa shape index (κ1) is 16.2. The van der Waals surface area contributed by atoms with Gasteiger partial charge in [-0.25, -0.2) is 15.0 Å². The van der Waals surface area contributed by atoms with Gasteiger partial charge < -0.3 is 21.1 Å². The van der Waals surface area contributed by atoms with Gasteiger partial charge >= 0.3 is 0 Å². The molecule has 2 aromatic rings. The Morgan fingerprint density at radius 1 is 0.955 bits per heavy atom. The summed E-state index contributed by atoms with van der Waals surface area (Å²) in [6, 6.07) is 0. The van der Waals surface area contributed by atoms with Crippen LogP contribution < -0.4 is 16.0 Å². The second kappa shape index (κ2) is 7.69. The Bertz CT molecular complexity index is 632. The Labute approximate surface area is 129 Å². The van der Waals surface area contributed by atoms with Crippen molar-refractivity contribution >= 4 is 28.7 Å². The van der Waals surface area contributed by atoms with Gasteiger partial charge in [-0.2, -0.15) is 4.98 Å². The van der Waals surface area contributed by atoms with E-state index >= 15 is 0 Å². The molecule has 4 N–H and O–H groups in total. The average molecular weight is 305 g/mol. The van der Waals surface area contributed by atoms with Gasteiger partial charge in [0.1, 0.15) is 11.0 Å². The highest BCUT2D eigenvalue weighted by Gasteiger charge is 2.14. The Balaban J connectivity index is 2.57. The van der Waals surface area contributed by atoms with Gasteiger partial charge in [-0.1, -0.05) is 13.3 Å². The number of rotatable bonds is 8. The number of hydrogen-bond donors (Lipinski definition) is 4. The summed E-state index contributed by atoms with van der Waals surface area (Å²) in [5.41, 5.74) is 2.35. The van der Waals surface area contributed by atoms with Gasteiger partial charge in [-0.3, -0.25) is 0 Å². The molecule has 0 saturated heterocycles. The van der Waals surface area contributed by atoms with E-state index in [0.717, 1.165) is 24.1 Å². The van der Waals surface area contributed by atoms with Gasteiger partial charge in [0.25, 0.3) is 0 Å². The molecule has 2 aromatic heterocycles. The number of aliphatic hydroxyl groups is 1. The summed E-state index contributed by atoms with van der Waals surface area (Å²) in [5.74, 6) is 1.73. The van der Waals surface area contributed by atoms with E-state index in [-0.39, 0.29) is 6.61 Å². The highest BCUT2D eigenvalue weighted by molar-refractivity contribution is 5.88. The molecule has 8 heteroatoms. The summed E-state index contributed by atoms with van der Waals surface area (Å²) in [6.07, 6.45) is 2.44. The highest BCUT2D eigenvalue weighted by Crippen LogP contribution is 2.24. The summed E-state index contributed by atoms with van der Waals surface area (Å²) in [6.45, 7) is 2.86. The maximum Gasteiger partial charge on any atom is 0.225 e. The van der Waals surface area contributed by atoms with Crippen molar-refractivity contribution in [1.29, 1.82) is 0 Å². The van der Waals surface area contributed by atoms with Gasteiger partial charge in [-0.15, -0.1) is 0 Å². The van der Waals surface area contributed by atoms with Crippen molar-refractivity contribution < 1.29 is 5.11 Å². The molecule has 120 valence electrons. The predicted molar refractivity (Wildman–Crippen MR) is 88.4 cm³/mol. The number of fused-ring (bicyclic) bond motifs is 1.